The third-order valence-electron chi connectivity index (χ3n) is 1.88. The molecule has 0 spiro atoms. The minimum atomic E-state index is 0.173. The summed E-state index contributed by atoms with van der Waals surface area (Å²) in [5, 5.41) is 3.11. The van der Waals surface area contributed by atoms with E-state index in [4.69, 9.17) is 0 Å². The first kappa shape index (κ1) is 11.3. The number of benzene rings is 1. The van der Waals surface area contributed by atoms with Crippen LogP contribution in [0.3, 0.4) is 0 Å². The molecule has 0 aromatic heterocycles. The summed E-state index contributed by atoms with van der Waals surface area (Å²) >= 11 is 1.73. The Kier molecular flexibility index (Phi) is 4.70. The van der Waals surface area contributed by atoms with E-state index in [-0.39, 0.29) is 5.78 Å². The van der Waals surface area contributed by atoms with E-state index >= 15 is 0 Å². The molecule has 0 atom stereocenters. The molecule has 0 unspecified atom stereocenters. The molecule has 0 saturated heterocycles. The lowest BCUT2D eigenvalue weighted by Crippen LogP contribution is -2.20. The number of rotatable bonds is 5. The Morgan fingerprint density at radius 2 is 2.14 bits per heavy atom. The fourth-order valence-electron chi connectivity index (χ4n) is 1.22. The van der Waals surface area contributed by atoms with E-state index in [2.05, 4.69) is 23.7 Å². The highest BCUT2D eigenvalue weighted by Gasteiger charge is 1.99. The van der Waals surface area contributed by atoms with Gasteiger partial charge in [0.05, 0.1) is 6.54 Å². The first-order valence-corrected chi connectivity index (χ1v) is 5.78. The Morgan fingerprint density at radius 1 is 1.43 bits per heavy atom. The summed E-state index contributed by atoms with van der Waals surface area (Å²) in [4.78, 5) is 12.0. The van der Waals surface area contributed by atoms with Crippen LogP contribution in [-0.4, -0.2) is 18.6 Å². The molecule has 0 aliphatic heterocycles. The van der Waals surface area contributed by atoms with Crippen molar-refractivity contribution in [2.45, 2.75) is 18.4 Å². The molecule has 2 nitrogen and oxygen atoms in total. The summed E-state index contributed by atoms with van der Waals surface area (Å²) in [7, 11) is 0. The van der Waals surface area contributed by atoms with Gasteiger partial charge in [-0.25, -0.2) is 0 Å². The second-order valence-electron chi connectivity index (χ2n) is 3.12. The summed E-state index contributed by atoms with van der Waals surface area (Å²) in [6.45, 7) is 2.80. The number of hydrogen-bond donors (Lipinski definition) is 1. The van der Waals surface area contributed by atoms with Crippen LogP contribution in [0.5, 0.6) is 0 Å². The quantitative estimate of drug-likeness (QED) is 0.753. The van der Waals surface area contributed by atoms with Gasteiger partial charge in [0.1, 0.15) is 5.78 Å². The first-order chi connectivity index (χ1) is 6.74. The van der Waals surface area contributed by atoms with Crippen LogP contribution in [0, 0.1) is 0 Å². The van der Waals surface area contributed by atoms with Crippen molar-refractivity contribution in [1.82, 2.24) is 5.32 Å². The molecule has 0 saturated carbocycles. The van der Waals surface area contributed by atoms with E-state index in [9.17, 15) is 4.79 Å². The van der Waals surface area contributed by atoms with Crippen molar-refractivity contribution in [3.63, 3.8) is 0 Å². The van der Waals surface area contributed by atoms with Crippen molar-refractivity contribution in [3.05, 3.63) is 29.8 Å². The SMILES string of the molecule is CSc1ccccc1CNCC(C)=O. The maximum absolute atomic E-state index is 10.7. The van der Waals surface area contributed by atoms with Gasteiger partial charge in [0.25, 0.3) is 0 Å². The van der Waals surface area contributed by atoms with Crippen LogP contribution in [0.1, 0.15) is 12.5 Å². The van der Waals surface area contributed by atoms with Gasteiger partial charge in [0.2, 0.25) is 0 Å². The zero-order chi connectivity index (χ0) is 10.4. The van der Waals surface area contributed by atoms with Crippen LogP contribution in [0.2, 0.25) is 0 Å². The Bertz CT molecular complexity index is 312. The Labute approximate surface area is 89.1 Å². The molecule has 0 radical (unpaired) electrons. The van der Waals surface area contributed by atoms with Crippen molar-refractivity contribution in [2.75, 3.05) is 12.8 Å². The summed E-state index contributed by atoms with van der Waals surface area (Å²) < 4.78 is 0. The summed E-state index contributed by atoms with van der Waals surface area (Å²) in [5.41, 5.74) is 1.25. The number of Topliss-reactive ketones (excluding diaryl/α,β-unsaturated/α-hetero) is 1. The number of carbonyl (C=O) groups is 1. The molecule has 1 rings (SSSR count). The maximum Gasteiger partial charge on any atom is 0.143 e. The van der Waals surface area contributed by atoms with Gasteiger partial charge >= 0.3 is 0 Å². The highest BCUT2D eigenvalue weighted by molar-refractivity contribution is 7.98. The fourth-order valence-corrected chi connectivity index (χ4v) is 1.84. The standard InChI is InChI=1S/C11H15NOS/c1-9(13)7-12-8-10-5-3-4-6-11(10)14-2/h3-6,12H,7-8H2,1-2H3. The molecule has 14 heavy (non-hydrogen) atoms. The summed E-state index contributed by atoms with van der Waals surface area (Å²) in [6, 6.07) is 8.22. The molecule has 1 N–H and O–H groups in total. The van der Waals surface area contributed by atoms with E-state index in [0.29, 0.717) is 6.54 Å². The normalized spacial score (nSPS) is 10.1. The smallest absolute Gasteiger partial charge is 0.143 e. The maximum atomic E-state index is 10.7. The average Bonchev–Trinajstić information content (AvgIpc) is 2.18. The third-order valence-corrected chi connectivity index (χ3v) is 2.72. The van der Waals surface area contributed by atoms with Crippen molar-refractivity contribution < 1.29 is 4.79 Å². The zero-order valence-corrected chi connectivity index (χ0v) is 9.36. The molecule has 0 aliphatic rings. The van der Waals surface area contributed by atoms with Gasteiger partial charge in [0, 0.05) is 11.4 Å². The zero-order valence-electron chi connectivity index (χ0n) is 8.54. The second-order valence-corrected chi connectivity index (χ2v) is 3.97. The van der Waals surface area contributed by atoms with Gasteiger partial charge in [-0.1, -0.05) is 18.2 Å². The molecule has 0 amide bonds. The first-order valence-electron chi connectivity index (χ1n) is 4.56. The molecule has 0 bridgehead atoms. The second kappa shape index (κ2) is 5.83. The molecular weight excluding hydrogens is 194 g/mol. The van der Waals surface area contributed by atoms with Gasteiger partial charge in [-0.2, -0.15) is 0 Å². The highest BCUT2D eigenvalue weighted by atomic mass is 32.2. The monoisotopic (exact) mass is 209 g/mol. The van der Waals surface area contributed by atoms with Crippen LogP contribution in [0.25, 0.3) is 0 Å². The third kappa shape index (κ3) is 3.52. The van der Waals surface area contributed by atoms with Gasteiger partial charge in [-0.15, -0.1) is 11.8 Å². The largest absolute Gasteiger partial charge is 0.306 e. The molecule has 3 heteroatoms. The molecule has 1 aromatic carbocycles. The van der Waals surface area contributed by atoms with Crippen LogP contribution in [0.4, 0.5) is 0 Å². The molecule has 0 heterocycles. The van der Waals surface area contributed by atoms with E-state index < -0.39 is 0 Å². The molecule has 1 aromatic rings. The minimum absolute atomic E-state index is 0.173. The lowest BCUT2D eigenvalue weighted by molar-refractivity contribution is -0.116. The van der Waals surface area contributed by atoms with Crippen LogP contribution < -0.4 is 5.32 Å². The molecule has 0 aliphatic carbocycles. The summed E-state index contributed by atoms with van der Waals surface area (Å²) in [5.74, 6) is 0.173. The predicted octanol–water partition coefficient (Wildman–Crippen LogP) is 2.09. The van der Waals surface area contributed by atoms with E-state index in [1.165, 1.54) is 10.5 Å². The van der Waals surface area contributed by atoms with Crippen LogP contribution in [-0.2, 0) is 11.3 Å². The van der Waals surface area contributed by atoms with E-state index in [0.717, 1.165) is 6.54 Å². The Morgan fingerprint density at radius 3 is 2.79 bits per heavy atom. The highest BCUT2D eigenvalue weighted by Crippen LogP contribution is 2.19. The lowest BCUT2D eigenvalue weighted by atomic mass is 10.2. The number of thioether (sulfide) groups is 1. The molecule has 0 fully saturated rings. The number of carbonyl (C=O) groups excluding carboxylic acids is 1. The Balaban J connectivity index is 2.53. The van der Waals surface area contributed by atoms with Gasteiger partial charge in [-0.05, 0) is 24.8 Å². The van der Waals surface area contributed by atoms with Crippen molar-refractivity contribution in [3.8, 4) is 0 Å². The molecule has 76 valence electrons. The summed E-state index contributed by atoms with van der Waals surface area (Å²) in [6.07, 6.45) is 2.06. The minimum Gasteiger partial charge on any atom is -0.306 e. The average molecular weight is 209 g/mol. The van der Waals surface area contributed by atoms with E-state index in [1.54, 1.807) is 18.7 Å². The fraction of sp³-hybridized carbons (Fsp3) is 0.364. The van der Waals surface area contributed by atoms with Gasteiger partial charge in [-0.3, -0.25) is 4.79 Å². The topological polar surface area (TPSA) is 29.1 Å². The van der Waals surface area contributed by atoms with Gasteiger partial charge in [0.15, 0.2) is 0 Å². The number of ketones is 1. The van der Waals surface area contributed by atoms with Crippen molar-refractivity contribution in [2.24, 2.45) is 0 Å². The van der Waals surface area contributed by atoms with Crippen LogP contribution in [0.15, 0.2) is 29.2 Å². The Hall–Kier alpha value is -0.800. The molecular formula is C11H15NOS. The number of nitrogens with one attached hydrogen (secondary N) is 1. The van der Waals surface area contributed by atoms with Crippen molar-refractivity contribution >= 4 is 17.5 Å². The number of hydrogen-bond acceptors (Lipinski definition) is 3. The lowest BCUT2D eigenvalue weighted by Gasteiger charge is -2.07. The predicted molar refractivity (Wildman–Crippen MR) is 60.6 cm³/mol. The van der Waals surface area contributed by atoms with E-state index in [1.807, 2.05) is 12.1 Å². The van der Waals surface area contributed by atoms with Crippen LogP contribution >= 0.6 is 11.8 Å². The van der Waals surface area contributed by atoms with Gasteiger partial charge < -0.3 is 5.32 Å². The van der Waals surface area contributed by atoms with Crippen molar-refractivity contribution in [1.29, 1.82) is 0 Å².